The monoisotopic (exact) mass is 972 g/mol. The molecule has 1 aliphatic rings. The third-order valence-corrected chi connectivity index (χ3v) is 17.5. The molecule has 12 aromatic rings. The summed E-state index contributed by atoms with van der Waals surface area (Å²) in [5.74, 6) is -1.72. The van der Waals surface area contributed by atoms with Crippen molar-refractivity contribution in [2.75, 3.05) is 0 Å². The second-order valence-electron chi connectivity index (χ2n) is 16.8. The molecule has 10 nitrogen and oxygen atoms in total. The molecule has 0 aliphatic heterocycles. The summed E-state index contributed by atoms with van der Waals surface area (Å²) in [7, 11) is 0. The smallest absolute Gasteiger partial charge is 0.333 e. The van der Waals surface area contributed by atoms with Crippen LogP contribution in [-0.2, 0) is 37.7 Å². The van der Waals surface area contributed by atoms with E-state index in [9.17, 15) is 19.2 Å². The third-order valence-electron chi connectivity index (χ3n) is 12.8. The van der Waals surface area contributed by atoms with Gasteiger partial charge in [-0.15, -0.1) is 45.3 Å². The lowest BCUT2D eigenvalue weighted by Crippen LogP contribution is -2.45. The molecule has 330 valence electrons. The highest BCUT2D eigenvalue weighted by Crippen LogP contribution is 2.64. The van der Waals surface area contributed by atoms with Crippen LogP contribution in [0, 0.1) is 0 Å². The summed E-state index contributed by atoms with van der Waals surface area (Å²) < 4.78 is 14.9. The van der Waals surface area contributed by atoms with Crippen molar-refractivity contribution >= 4 is 129 Å². The maximum Gasteiger partial charge on any atom is 0.333 e. The Hall–Kier alpha value is -7.88. The van der Waals surface area contributed by atoms with Gasteiger partial charge in [0.05, 0.1) is 19.2 Å². The first-order valence-corrected chi connectivity index (χ1v) is 24.9. The standard InChI is InChI=1S/C55H28N2O8S4/c58-45-33-19-29-15-7-8-16-30(29)20-34(33)46(59)43(45)56-39-23-37-49(68-39)41-51(66-37)52-42(55(41,53(62)64-25-27-11-3-1-4-12-27)54(63)65-26-28-13-5-2-6-14-28)50-38(67-52)24-40(69-50)57-44-47(60)35-21-31-17-9-10-18-32(31)22-36(35)48(44)61/h1-24H,25-26H2. The van der Waals surface area contributed by atoms with Gasteiger partial charge >= 0.3 is 11.9 Å². The van der Waals surface area contributed by atoms with E-state index in [2.05, 4.69) is 9.98 Å². The Labute approximate surface area is 403 Å². The molecule has 1 aliphatic carbocycles. The average Bonchev–Trinajstić information content (AvgIpc) is 4.23. The quantitative estimate of drug-likeness (QED) is 0.108. The van der Waals surface area contributed by atoms with Crippen molar-refractivity contribution in [3.8, 4) is 9.75 Å². The minimum absolute atomic E-state index is 0.148. The zero-order valence-corrected chi connectivity index (χ0v) is 38.8. The van der Waals surface area contributed by atoms with Crippen molar-refractivity contribution < 1.29 is 19.1 Å². The van der Waals surface area contributed by atoms with E-state index in [1.54, 1.807) is 36.4 Å². The van der Waals surface area contributed by atoms with Crippen LogP contribution in [0.4, 0.5) is 10.0 Å². The molecular formula is C55H28N2O8S4. The molecule has 0 saturated carbocycles. The lowest BCUT2D eigenvalue weighted by atomic mass is 9.79. The third kappa shape index (κ3) is 6.26. The van der Waals surface area contributed by atoms with Gasteiger partial charge < -0.3 is 9.47 Å². The number of thiophene rings is 4. The van der Waals surface area contributed by atoms with E-state index in [-0.39, 0.29) is 45.5 Å². The molecule has 69 heavy (non-hydrogen) atoms. The minimum atomic E-state index is -2.18. The SMILES string of the molecule is O=C(OCc1ccccc1)C1(C(=O)OCc2ccccc2)c2c(sc3cc(N=c4c(=O)c5cc6ccccc6cc5c4=O)sc23)-c2sc3cc(N=c4c(=O)c5cc6ccccc6cc5c4=O)sc3c21. The summed E-state index contributed by atoms with van der Waals surface area (Å²) in [6.45, 7) is -0.296. The molecule has 13 rings (SSSR count). The molecule has 0 amide bonds. The number of hydrogen-bond donors (Lipinski definition) is 0. The summed E-state index contributed by atoms with van der Waals surface area (Å²) >= 11 is 5.05. The number of esters is 2. The highest BCUT2D eigenvalue weighted by Gasteiger charge is 2.62. The predicted octanol–water partition coefficient (Wildman–Crippen LogP) is 10.3. The first kappa shape index (κ1) is 41.3. The second kappa shape index (κ2) is 15.6. The van der Waals surface area contributed by atoms with Gasteiger partial charge in [0.25, 0.3) is 0 Å². The van der Waals surface area contributed by atoms with Gasteiger partial charge in [-0.05, 0) is 69.1 Å². The number of carbonyl (C=O) groups is 2. The van der Waals surface area contributed by atoms with Crippen molar-refractivity contribution in [2.24, 2.45) is 9.98 Å². The maximum absolute atomic E-state index is 15.5. The van der Waals surface area contributed by atoms with Crippen molar-refractivity contribution in [3.63, 3.8) is 0 Å². The largest absolute Gasteiger partial charge is 0.459 e. The molecular weight excluding hydrogens is 945 g/mol. The van der Waals surface area contributed by atoms with Crippen LogP contribution in [0.3, 0.4) is 0 Å². The first-order valence-electron chi connectivity index (χ1n) is 21.6. The zero-order chi connectivity index (χ0) is 46.7. The Morgan fingerprint density at radius 1 is 0.435 bits per heavy atom. The van der Waals surface area contributed by atoms with Gasteiger partial charge in [-0.3, -0.25) is 28.8 Å². The zero-order valence-electron chi connectivity index (χ0n) is 35.6. The molecule has 0 fully saturated rings. The summed E-state index contributed by atoms with van der Waals surface area (Å²) in [6, 6.07) is 43.7. The van der Waals surface area contributed by atoms with Gasteiger partial charge in [-0.2, -0.15) is 0 Å². The van der Waals surface area contributed by atoms with E-state index >= 15 is 9.59 Å². The Morgan fingerprint density at radius 2 is 0.768 bits per heavy atom. The molecule has 0 atom stereocenters. The van der Waals surface area contributed by atoms with Crippen LogP contribution in [-0.4, -0.2) is 11.9 Å². The second-order valence-corrected chi connectivity index (χ2v) is 20.9. The van der Waals surface area contributed by atoms with Crippen LogP contribution in [0.1, 0.15) is 22.3 Å². The lowest BCUT2D eigenvalue weighted by Gasteiger charge is -2.27. The molecule has 0 unspecified atom stereocenters. The van der Waals surface area contributed by atoms with E-state index in [0.29, 0.717) is 60.8 Å². The fourth-order valence-corrected chi connectivity index (χ4v) is 14.9. The summed E-state index contributed by atoms with van der Waals surface area (Å²) in [6.07, 6.45) is 0. The molecule has 0 spiro atoms. The van der Waals surface area contributed by atoms with Crippen molar-refractivity contribution in [1.29, 1.82) is 0 Å². The molecule has 0 radical (unpaired) electrons. The van der Waals surface area contributed by atoms with E-state index in [1.165, 1.54) is 22.7 Å². The van der Waals surface area contributed by atoms with Gasteiger partial charge in [0, 0.05) is 42.1 Å². The van der Waals surface area contributed by atoms with Gasteiger partial charge in [0.1, 0.15) is 23.2 Å². The summed E-state index contributed by atoms with van der Waals surface area (Å²) in [5, 5.41) is 4.69. The summed E-state index contributed by atoms with van der Waals surface area (Å²) in [4.78, 5) is 96.9. The number of hydrogen-bond acceptors (Lipinski definition) is 14. The molecule has 0 saturated heterocycles. The van der Waals surface area contributed by atoms with E-state index < -0.39 is 39.1 Å². The Balaban J connectivity index is 1.02. The van der Waals surface area contributed by atoms with Crippen molar-refractivity contribution in [1.82, 2.24) is 0 Å². The molecule has 8 aromatic carbocycles. The topological polar surface area (TPSA) is 146 Å². The van der Waals surface area contributed by atoms with Crippen LogP contribution in [0.2, 0.25) is 0 Å². The molecule has 14 heteroatoms. The van der Waals surface area contributed by atoms with Crippen LogP contribution in [0.5, 0.6) is 0 Å². The highest BCUT2D eigenvalue weighted by molar-refractivity contribution is 7.36. The lowest BCUT2D eigenvalue weighted by molar-refractivity contribution is -0.164. The Morgan fingerprint density at radius 3 is 1.12 bits per heavy atom. The first-order chi connectivity index (χ1) is 33.6. The molecule has 0 N–H and O–H groups in total. The van der Waals surface area contributed by atoms with Crippen LogP contribution >= 0.6 is 45.3 Å². The molecule has 4 aromatic heterocycles. The molecule has 0 bridgehead atoms. The number of fused-ring (bicyclic) bond motifs is 11. The fraction of sp³-hybridized carbons (Fsp3) is 0.0545. The van der Waals surface area contributed by atoms with E-state index in [0.717, 1.165) is 44.2 Å². The predicted molar refractivity (Wildman–Crippen MR) is 275 cm³/mol. The molecule has 4 heterocycles. The van der Waals surface area contributed by atoms with Crippen LogP contribution in [0.25, 0.3) is 71.6 Å². The van der Waals surface area contributed by atoms with Crippen LogP contribution in [0.15, 0.2) is 175 Å². The number of rotatable bonds is 8. The number of ether oxygens (including phenoxy) is 2. The maximum atomic E-state index is 15.5. The number of benzene rings is 6. The number of nitrogens with zero attached hydrogens (tertiary/aromatic N) is 2. The Kier molecular flexibility index (Phi) is 9.33. The van der Waals surface area contributed by atoms with Gasteiger partial charge in [-0.1, -0.05) is 109 Å². The van der Waals surface area contributed by atoms with Gasteiger partial charge in [0.2, 0.25) is 27.1 Å². The van der Waals surface area contributed by atoms with Crippen LogP contribution < -0.4 is 32.4 Å². The minimum Gasteiger partial charge on any atom is -0.459 e. The van der Waals surface area contributed by atoms with Crippen molar-refractivity contribution in [3.05, 3.63) is 219 Å². The van der Waals surface area contributed by atoms with Gasteiger partial charge in [-0.25, -0.2) is 9.98 Å². The number of carbonyl (C=O) groups excluding carboxylic acids is 2. The highest BCUT2D eigenvalue weighted by atomic mass is 32.1. The van der Waals surface area contributed by atoms with Crippen molar-refractivity contribution in [2.45, 2.75) is 18.6 Å². The average molecular weight is 973 g/mol. The summed E-state index contributed by atoms with van der Waals surface area (Å²) in [5.41, 5.74) is -1.98. The fourth-order valence-electron chi connectivity index (χ4n) is 9.51. The Bertz CT molecular complexity index is 4100. The van der Waals surface area contributed by atoms with Gasteiger partial charge in [0.15, 0.2) is 10.7 Å². The van der Waals surface area contributed by atoms with E-state index in [4.69, 9.17) is 9.47 Å². The van der Waals surface area contributed by atoms with E-state index in [1.807, 2.05) is 109 Å². The normalized spacial score (nSPS) is 12.9.